The number of carbonyl (C=O) groups excluding carboxylic acids is 1. The highest BCUT2D eigenvalue weighted by Gasteiger charge is 2.18. The first kappa shape index (κ1) is 14.6. The van der Waals surface area contributed by atoms with Crippen LogP contribution in [0.25, 0.3) is 0 Å². The van der Waals surface area contributed by atoms with Gasteiger partial charge < -0.3 is 9.84 Å². The minimum atomic E-state index is -0.969. The summed E-state index contributed by atoms with van der Waals surface area (Å²) in [5.74, 6) is -0.554. The summed E-state index contributed by atoms with van der Waals surface area (Å²) in [5, 5.41) is 8.80. The summed E-state index contributed by atoms with van der Waals surface area (Å²) in [6, 6.07) is 17.5. The van der Waals surface area contributed by atoms with Crippen LogP contribution in [0.2, 0.25) is 0 Å². The van der Waals surface area contributed by atoms with Crippen LogP contribution in [-0.4, -0.2) is 23.7 Å². The predicted octanol–water partition coefficient (Wildman–Crippen LogP) is 3.17. The van der Waals surface area contributed by atoms with Crippen LogP contribution >= 0.6 is 0 Å². The second-order valence-corrected chi connectivity index (χ2v) is 4.31. The highest BCUT2D eigenvalue weighted by molar-refractivity contribution is 5.89. The zero-order chi connectivity index (χ0) is 15.1. The van der Waals surface area contributed by atoms with Gasteiger partial charge in [0.15, 0.2) is 0 Å². The van der Waals surface area contributed by atoms with Crippen LogP contribution < -0.4 is 9.64 Å². The number of hydrogen-bond donors (Lipinski definition) is 1. The maximum atomic E-state index is 12.2. The number of anilines is 1. The smallest absolute Gasteiger partial charge is 0.419 e. The highest BCUT2D eigenvalue weighted by Crippen LogP contribution is 2.17. The number of para-hydroxylation sites is 2. The van der Waals surface area contributed by atoms with Gasteiger partial charge in [-0.25, -0.2) is 4.79 Å². The van der Waals surface area contributed by atoms with Gasteiger partial charge in [0.2, 0.25) is 0 Å². The second-order valence-electron chi connectivity index (χ2n) is 4.31. The summed E-state index contributed by atoms with van der Waals surface area (Å²) in [6.45, 7) is 0.0466. The van der Waals surface area contributed by atoms with Crippen molar-refractivity contribution in [2.75, 3.05) is 11.4 Å². The lowest BCUT2D eigenvalue weighted by atomic mass is 10.3. The molecule has 2 aromatic carbocycles. The zero-order valence-electron chi connectivity index (χ0n) is 11.3. The lowest BCUT2D eigenvalue weighted by molar-refractivity contribution is -0.136. The number of carboxylic acid groups (broad SMARTS) is 1. The van der Waals surface area contributed by atoms with Gasteiger partial charge >= 0.3 is 12.1 Å². The highest BCUT2D eigenvalue weighted by atomic mass is 16.6. The van der Waals surface area contributed by atoms with Crippen molar-refractivity contribution in [1.82, 2.24) is 0 Å². The van der Waals surface area contributed by atoms with E-state index < -0.39 is 12.1 Å². The third-order valence-electron chi connectivity index (χ3n) is 2.79. The molecule has 0 saturated carbocycles. The number of ether oxygens (including phenoxy) is 1. The molecule has 108 valence electrons. The summed E-state index contributed by atoms with van der Waals surface area (Å²) in [7, 11) is 0. The Morgan fingerprint density at radius 2 is 1.52 bits per heavy atom. The van der Waals surface area contributed by atoms with E-state index in [-0.39, 0.29) is 13.0 Å². The lowest BCUT2D eigenvalue weighted by Gasteiger charge is -2.21. The molecule has 0 bridgehead atoms. The first-order valence-corrected chi connectivity index (χ1v) is 6.48. The van der Waals surface area contributed by atoms with Gasteiger partial charge in [-0.15, -0.1) is 0 Å². The normalized spacial score (nSPS) is 9.90. The summed E-state index contributed by atoms with van der Waals surface area (Å²) >= 11 is 0. The van der Waals surface area contributed by atoms with Crippen LogP contribution in [0.5, 0.6) is 5.75 Å². The Hall–Kier alpha value is -2.82. The molecular formula is C16H15NO4. The van der Waals surface area contributed by atoms with Crippen LogP contribution in [-0.2, 0) is 4.79 Å². The molecule has 0 unspecified atom stereocenters. The van der Waals surface area contributed by atoms with E-state index in [1.807, 2.05) is 12.1 Å². The van der Waals surface area contributed by atoms with Crippen molar-refractivity contribution in [3.8, 4) is 5.75 Å². The summed E-state index contributed by atoms with van der Waals surface area (Å²) in [6.07, 6.45) is -0.757. The molecule has 1 N–H and O–H groups in total. The number of rotatable bonds is 5. The number of hydrogen-bond acceptors (Lipinski definition) is 3. The lowest BCUT2D eigenvalue weighted by Crippen LogP contribution is -2.35. The van der Waals surface area contributed by atoms with Crippen LogP contribution in [0.15, 0.2) is 60.7 Å². The zero-order valence-corrected chi connectivity index (χ0v) is 11.3. The number of amides is 1. The summed E-state index contributed by atoms with van der Waals surface area (Å²) in [4.78, 5) is 24.3. The van der Waals surface area contributed by atoms with E-state index in [9.17, 15) is 9.59 Å². The fourth-order valence-electron chi connectivity index (χ4n) is 1.79. The van der Waals surface area contributed by atoms with Crippen molar-refractivity contribution >= 4 is 17.7 Å². The number of aliphatic carboxylic acids is 1. The topological polar surface area (TPSA) is 66.8 Å². The average molecular weight is 285 g/mol. The summed E-state index contributed by atoms with van der Waals surface area (Å²) < 4.78 is 5.26. The molecule has 5 nitrogen and oxygen atoms in total. The third-order valence-corrected chi connectivity index (χ3v) is 2.79. The van der Waals surface area contributed by atoms with E-state index in [0.717, 1.165) is 0 Å². The van der Waals surface area contributed by atoms with Crippen molar-refractivity contribution in [3.63, 3.8) is 0 Å². The van der Waals surface area contributed by atoms with E-state index >= 15 is 0 Å². The van der Waals surface area contributed by atoms with E-state index in [0.29, 0.717) is 11.4 Å². The van der Waals surface area contributed by atoms with E-state index in [4.69, 9.17) is 9.84 Å². The molecule has 0 saturated heterocycles. The molecule has 0 fully saturated rings. The predicted molar refractivity (Wildman–Crippen MR) is 78.5 cm³/mol. The average Bonchev–Trinajstić information content (AvgIpc) is 2.49. The molecule has 0 heterocycles. The molecule has 21 heavy (non-hydrogen) atoms. The number of nitrogens with zero attached hydrogens (tertiary/aromatic N) is 1. The Bertz CT molecular complexity index is 598. The molecular weight excluding hydrogens is 270 g/mol. The van der Waals surface area contributed by atoms with Gasteiger partial charge in [0, 0.05) is 12.2 Å². The van der Waals surface area contributed by atoms with Crippen molar-refractivity contribution in [1.29, 1.82) is 0 Å². The minimum Gasteiger partial charge on any atom is -0.481 e. The van der Waals surface area contributed by atoms with E-state index in [1.165, 1.54) is 4.90 Å². The quantitative estimate of drug-likeness (QED) is 0.916. The Kier molecular flexibility index (Phi) is 4.93. The van der Waals surface area contributed by atoms with Gasteiger partial charge in [-0.2, -0.15) is 0 Å². The standard InChI is InChI=1S/C16H15NO4/c18-15(19)11-12-17(13-7-3-1-4-8-13)16(20)21-14-9-5-2-6-10-14/h1-10H,11-12H2,(H,18,19). The molecule has 0 aliphatic rings. The number of carboxylic acids is 1. The third kappa shape index (κ3) is 4.35. The van der Waals surface area contributed by atoms with Crippen molar-refractivity contribution in [2.45, 2.75) is 6.42 Å². The second kappa shape index (κ2) is 7.09. The minimum absolute atomic E-state index is 0.0466. The molecule has 1 amide bonds. The van der Waals surface area contributed by atoms with Gasteiger partial charge in [0.05, 0.1) is 6.42 Å². The van der Waals surface area contributed by atoms with Gasteiger partial charge in [-0.3, -0.25) is 9.69 Å². The maximum Gasteiger partial charge on any atom is 0.419 e. The van der Waals surface area contributed by atoms with Crippen molar-refractivity contribution < 1.29 is 19.4 Å². The molecule has 0 aliphatic heterocycles. The first-order valence-electron chi connectivity index (χ1n) is 6.48. The van der Waals surface area contributed by atoms with Crippen molar-refractivity contribution in [2.24, 2.45) is 0 Å². The van der Waals surface area contributed by atoms with E-state index in [2.05, 4.69) is 0 Å². The fourth-order valence-corrected chi connectivity index (χ4v) is 1.79. The molecule has 0 aromatic heterocycles. The molecule has 5 heteroatoms. The molecule has 0 spiro atoms. The maximum absolute atomic E-state index is 12.2. The number of carbonyl (C=O) groups is 2. The monoisotopic (exact) mass is 285 g/mol. The van der Waals surface area contributed by atoms with Crippen LogP contribution in [0.3, 0.4) is 0 Å². The SMILES string of the molecule is O=C(O)CCN(C(=O)Oc1ccccc1)c1ccccc1. The summed E-state index contributed by atoms with van der Waals surface area (Å²) in [5.41, 5.74) is 0.597. The van der Waals surface area contributed by atoms with Gasteiger partial charge in [-0.1, -0.05) is 36.4 Å². The largest absolute Gasteiger partial charge is 0.481 e. The van der Waals surface area contributed by atoms with Crippen LogP contribution in [0.1, 0.15) is 6.42 Å². The Labute approximate surface area is 122 Å². The molecule has 0 atom stereocenters. The first-order chi connectivity index (χ1) is 10.2. The Balaban J connectivity index is 2.14. The van der Waals surface area contributed by atoms with Gasteiger partial charge in [-0.05, 0) is 24.3 Å². The van der Waals surface area contributed by atoms with Crippen LogP contribution in [0.4, 0.5) is 10.5 Å². The van der Waals surface area contributed by atoms with Gasteiger partial charge in [0.25, 0.3) is 0 Å². The Morgan fingerprint density at radius 1 is 0.952 bits per heavy atom. The van der Waals surface area contributed by atoms with Gasteiger partial charge in [0.1, 0.15) is 5.75 Å². The van der Waals surface area contributed by atoms with Crippen molar-refractivity contribution in [3.05, 3.63) is 60.7 Å². The molecule has 0 radical (unpaired) electrons. The molecule has 2 rings (SSSR count). The fraction of sp³-hybridized carbons (Fsp3) is 0.125. The molecule has 0 aliphatic carbocycles. The van der Waals surface area contributed by atoms with E-state index in [1.54, 1.807) is 48.5 Å². The molecule has 2 aromatic rings. The Morgan fingerprint density at radius 3 is 2.10 bits per heavy atom. The number of benzene rings is 2. The van der Waals surface area contributed by atoms with Crippen LogP contribution in [0, 0.1) is 0 Å².